The fourth-order valence-electron chi connectivity index (χ4n) is 0.673. The lowest BCUT2D eigenvalue weighted by atomic mass is 10.8. The summed E-state index contributed by atoms with van der Waals surface area (Å²) in [5, 5.41) is 0. The maximum absolute atomic E-state index is 5.48. The molecule has 0 aromatic carbocycles. The molecule has 0 bridgehead atoms. The number of hydrogen-bond acceptors (Lipinski definition) is 1. The molecule has 2 N–H and O–H groups in total. The van der Waals surface area contributed by atoms with Crippen LogP contribution in [-0.4, -0.2) is 4.57 Å². The molecule has 1 aromatic heterocycles. The Hall–Kier alpha value is -0.990. The summed E-state index contributed by atoms with van der Waals surface area (Å²) in [4.78, 5) is 0. The molecule has 0 aliphatic rings. The van der Waals surface area contributed by atoms with Crippen molar-refractivity contribution < 1.29 is 4.57 Å². The Morgan fingerprint density at radius 2 is 2.38 bits per heavy atom. The number of nitrogen functional groups attached to an aromatic ring is 1. The highest BCUT2D eigenvalue weighted by Crippen LogP contribution is 1.91. The second-order valence-corrected chi connectivity index (χ2v) is 1.95. The van der Waals surface area contributed by atoms with Crippen LogP contribution in [0.5, 0.6) is 0 Å². The van der Waals surface area contributed by atoms with E-state index in [0.29, 0.717) is 0 Å². The van der Waals surface area contributed by atoms with E-state index >= 15 is 0 Å². The first-order chi connectivity index (χ1) is 3.70. The maximum atomic E-state index is 5.48. The van der Waals surface area contributed by atoms with Gasteiger partial charge in [-0.2, -0.15) is 0 Å². The van der Waals surface area contributed by atoms with Crippen molar-refractivity contribution in [1.29, 1.82) is 0 Å². The second-order valence-electron chi connectivity index (χ2n) is 1.95. The summed E-state index contributed by atoms with van der Waals surface area (Å²) in [5.41, 5.74) is 5.48. The molecule has 0 spiro atoms. The number of imidazole rings is 1. The van der Waals surface area contributed by atoms with Crippen molar-refractivity contribution in [2.75, 3.05) is 5.73 Å². The number of nitrogens with two attached hydrogens (primary N) is 1. The quantitative estimate of drug-likeness (QED) is 0.448. The molecule has 0 fully saturated rings. The largest absolute Gasteiger partial charge is 0.363 e. The van der Waals surface area contributed by atoms with Crippen molar-refractivity contribution in [3.8, 4) is 0 Å². The molecule has 0 unspecified atom stereocenters. The summed E-state index contributed by atoms with van der Waals surface area (Å²) >= 11 is 0. The van der Waals surface area contributed by atoms with Gasteiger partial charge in [-0.15, -0.1) is 0 Å². The van der Waals surface area contributed by atoms with E-state index in [9.17, 15) is 0 Å². The highest BCUT2D eigenvalue weighted by Gasteiger charge is 1.99. The summed E-state index contributed by atoms with van der Waals surface area (Å²) in [7, 11) is 3.85. The zero-order valence-electron chi connectivity index (χ0n) is 5.13. The van der Waals surface area contributed by atoms with Crippen molar-refractivity contribution >= 4 is 5.82 Å². The van der Waals surface area contributed by atoms with Crippen LogP contribution in [0.1, 0.15) is 0 Å². The molecule has 1 rings (SSSR count). The zero-order chi connectivity index (χ0) is 6.15. The fourth-order valence-corrected chi connectivity index (χ4v) is 0.673. The van der Waals surface area contributed by atoms with E-state index in [2.05, 4.69) is 0 Å². The molecule has 0 saturated heterocycles. The Balaban J connectivity index is 3.14. The molecule has 0 saturated carbocycles. The SMILES string of the molecule is Cn1c[n+](C)cc1N. The number of hydrogen-bond donors (Lipinski definition) is 1. The summed E-state index contributed by atoms with van der Waals surface area (Å²) in [5.74, 6) is 0.785. The zero-order valence-corrected chi connectivity index (χ0v) is 5.13. The molecule has 0 radical (unpaired) electrons. The smallest absolute Gasteiger partial charge is 0.245 e. The van der Waals surface area contributed by atoms with Crippen LogP contribution in [0.25, 0.3) is 0 Å². The topological polar surface area (TPSA) is 34.8 Å². The number of aromatic nitrogens is 2. The molecular formula is C5H10N3+. The van der Waals surface area contributed by atoms with Crippen LogP contribution in [-0.2, 0) is 14.1 Å². The Bertz CT molecular complexity index is 170. The van der Waals surface area contributed by atoms with Gasteiger partial charge in [-0.25, -0.2) is 9.13 Å². The summed E-state index contributed by atoms with van der Waals surface area (Å²) in [6.45, 7) is 0. The molecule has 1 aromatic rings. The maximum Gasteiger partial charge on any atom is 0.245 e. The van der Waals surface area contributed by atoms with Crippen molar-refractivity contribution in [3.05, 3.63) is 12.5 Å². The van der Waals surface area contributed by atoms with Gasteiger partial charge in [0.05, 0.1) is 14.1 Å². The van der Waals surface area contributed by atoms with Gasteiger partial charge in [0.15, 0.2) is 6.20 Å². The van der Waals surface area contributed by atoms with Crippen LogP contribution in [0.3, 0.4) is 0 Å². The van der Waals surface area contributed by atoms with E-state index in [1.165, 1.54) is 0 Å². The van der Waals surface area contributed by atoms with Crippen LogP contribution in [0.15, 0.2) is 12.5 Å². The Morgan fingerprint density at radius 1 is 1.75 bits per heavy atom. The number of nitrogens with zero attached hydrogens (tertiary/aromatic N) is 2. The minimum absolute atomic E-state index is 0.785. The third kappa shape index (κ3) is 0.665. The van der Waals surface area contributed by atoms with E-state index in [0.717, 1.165) is 5.82 Å². The fraction of sp³-hybridized carbons (Fsp3) is 0.400. The first kappa shape index (κ1) is 5.15. The van der Waals surface area contributed by atoms with Crippen LogP contribution < -0.4 is 10.3 Å². The van der Waals surface area contributed by atoms with Gasteiger partial charge in [0.1, 0.15) is 0 Å². The minimum Gasteiger partial charge on any atom is -0.363 e. The predicted molar refractivity (Wildman–Crippen MR) is 31.0 cm³/mol. The van der Waals surface area contributed by atoms with Gasteiger partial charge in [-0.3, -0.25) is 0 Å². The molecule has 0 aliphatic carbocycles. The highest BCUT2D eigenvalue weighted by molar-refractivity contribution is 5.20. The normalized spacial score (nSPS) is 9.75. The molecular weight excluding hydrogens is 102 g/mol. The van der Waals surface area contributed by atoms with Crippen molar-refractivity contribution in [2.24, 2.45) is 14.1 Å². The van der Waals surface area contributed by atoms with E-state index in [1.54, 1.807) is 0 Å². The molecule has 0 atom stereocenters. The monoisotopic (exact) mass is 112 g/mol. The van der Waals surface area contributed by atoms with Crippen molar-refractivity contribution in [2.45, 2.75) is 0 Å². The third-order valence-corrected chi connectivity index (χ3v) is 1.10. The first-order valence-corrected chi connectivity index (χ1v) is 2.47. The summed E-state index contributed by atoms with van der Waals surface area (Å²) < 4.78 is 3.77. The lowest BCUT2D eigenvalue weighted by molar-refractivity contribution is -0.670. The average Bonchev–Trinajstić information content (AvgIpc) is 1.85. The lowest BCUT2D eigenvalue weighted by Crippen LogP contribution is -2.23. The number of anilines is 1. The molecule has 0 amide bonds. The number of rotatable bonds is 0. The van der Waals surface area contributed by atoms with E-state index in [4.69, 9.17) is 5.73 Å². The second kappa shape index (κ2) is 1.51. The Morgan fingerprint density at radius 3 is 2.50 bits per heavy atom. The van der Waals surface area contributed by atoms with E-state index in [1.807, 2.05) is 35.8 Å². The molecule has 1 heterocycles. The van der Waals surface area contributed by atoms with Crippen LogP contribution in [0, 0.1) is 0 Å². The van der Waals surface area contributed by atoms with Gasteiger partial charge in [-0.05, 0) is 0 Å². The van der Waals surface area contributed by atoms with Crippen molar-refractivity contribution in [1.82, 2.24) is 4.57 Å². The van der Waals surface area contributed by atoms with Gasteiger partial charge >= 0.3 is 0 Å². The average molecular weight is 112 g/mol. The summed E-state index contributed by atoms with van der Waals surface area (Å²) in [6.07, 6.45) is 3.77. The predicted octanol–water partition coefficient (Wildman–Crippen LogP) is -0.568. The molecule has 8 heavy (non-hydrogen) atoms. The first-order valence-electron chi connectivity index (χ1n) is 2.47. The van der Waals surface area contributed by atoms with Gasteiger partial charge in [0.2, 0.25) is 12.1 Å². The molecule has 0 aliphatic heterocycles. The van der Waals surface area contributed by atoms with Gasteiger partial charge < -0.3 is 5.73 Å². The number of aryl methyl sites for hydroxylation is 2. The van der Waals surface area contributed by atoms with Crippen LogP contribution in [0.2, 0.25) is 0 Å². The van der Waals surface area contributed by atoms with Crippen LogP contribution >= 0.6 is 0 Å². The van der Waals surface area contributed by atoms with Crippen LogP contribution in [0.4, 0.5) is 5.82 Å². The van der Waals surface area contributed by atoms with E-state index < -0.39 is 0 Å². The summed E-state index contributed by atoms with van der Waals surface area (Å²) in [6, 6.07) is 0. The third-order valence-electron chi connectivity index (χ3n) is 1.10. The van der Waals surface area contributed by atoms with Gasteiger partial charge in [-0.1, -0.05) is 0 Å². The molecule has 3 nitrogen and oxygen atoms in total. The van der Waals surface area contributed by atoms with E-state index in [-0.39, 0.29) is 0 Å². The lowest BCUT2D eigenvalue weighted by Gasteiger charge is -1.78. The highest BCUT2D eigenvalue weighted by atomic mass is 15.1. The van der Waals surface area contributed by atoms with Crippen molar-refractivity contribution in [3.63, 3.8) is 0 Å². The minimum atomic E-state index is 0.785. The standard InChI is InChI=1S/C5H10N3/c1-7-3-5(6)8(2)4-7/h3-4H,6H2,1-2H3/q+1. The van der Waals surface area contributed by atoms with Gasteiger partial charge in [0.25, 0.3) is 0 Å². The Kier molecular flexibility index (Phi) is 0.970. The van der Waals surface area contributed by atoms with Gasteiger partial charge in [0, 0.05) is 0 Å². The molecule has 3 heteroatoms. The Labute approximate surface area is 48.3 Å². The molecule has 44 valence electrons.